The summed E-state index contributed by atoms with van der Waals surface area (Å²) in [5, 5.41) is 6.71. The lowest BCUT2D eigenvalue weighted by atomic mass is 10.0. The highest BCUT2D eigenvalue weighted by Crippen LogP contribution is 2.27. The number of likely N-dealkylation sites (N-methyl/N-ethyl adjacent to an activating group) is 1. The number of anilines is 1. The summed E-state index contributed by atoms with van der Waals surface area (Å²) < 4.78 is 0. The maximum atomic E-state index is 4.70. The van der Waals surface area contributed by atoms with Gasteiger partial charge in [0.15, 0.2) is 5.13 Å². The number of aromatic nitrogens is 1. The first-order valence-electron chi connectivity index (χ1n) is 6.20. The summed E-state index contributed by atoms with van der Waals surface area (Å²) in [6.45, 7) is 4.41. The van der Waals surface area contributed by atoms with Gasteiger partial charge in [-0.3, -0.25) is 0 Å². The zero-order valence-electron chi connectivity index (χ0n) is 10.2. The van der Waals surface area contributed by atoms with Crippen molar-refractivity contribution < 1.29 is 0 Å². The van der Waals surface area contributed by atoms with E-state index in [2.05, 4.69) is 22.5 Å². The monoisotopic (exact) mass is 239 g/mol. The summed E-state index contributed by atoms with van der Waals surface area (Å²) in [4.78, 5) is 7.19. The minimum atomic E-state index is 0.634. The van der Waals surface area contributed by atoms with Crippen LogP contribution in [0.3, 0.4) is 0 Å². The highest BCUT2D eigenvalue weighted by atomic mass is 32.1. The number of aryl methyl sites for hydroxylation is 1. The van der Waals surface area contributed by atoms with E-state index >= 15 is 0 Å². The van der Waals surface area contributed by atoms with Gasteiger partial charge < -0.3 is 10.2 Å². The van der Waals surface area contributed by atoms with Gasteiger partial charge in [0, 0.05) is 24.5 Å². The Bertz CT molecular complexity index is 322. The Morgan fingerprint density at radius 1 is 1.56 bits per heavy atom. The molecule has 0 aromatic carbocycles. The van der Waals surface area contributed by atoms with Crippen molar-refractivity contribution in [1.29, 1.82) is 0 Å². The van der Waals surface area contributed by atoms with Gasteiger partial charge in [-0.05, 0) is 32.7 Å². The van der Waals surface area contributed by atoms with E-state index in [1.807, 2.05) is 7.05 Å². The van der Waals surface area contributed by atoms with Crippen LogP contribution in [0.4, 0.5) is 5.13 Å². The van der Waals surface area contributed by atoms with Crippen molar-refractivity contribution >= 4 is 16.5 Å². The number of nitrogens with zero attached hydrogens (tertiary/aromatic N) is 2. The maximum Gasteiger partial charge on any atom is 0.185 e. The highest BCUT2D eigenvalue weighted by molar-refractivity contribution is 7.13. The van der Waals surface area contributed by atoms with Crippen LogP contribution in [-0.2, 0) is 6.42 Å². The molecule has 0 spiro atoms. The van der Waals surface area contributed by atoms with Gasteiger partial charge in [0.05, 0.1) is 5.69 Å². The van der Waals surface area contributed by atoms with Crippen LogP contribution in [0.5, 0.6) is 0 Å². The predicted molar refractivity (Wildman–Crippen MR) is 70.4 cm³/mol. The SMILES string of the molecule is CCc1csc(N2CCCCC2CNC)n1. The third-order valence-corrected chi connectivity index (χ3v) is 4.14. The lowest BCUT2D eigenvalue weighted by Crippen LogP contribution is -2.45. The average molecular weight is 239 g/mol. The van der Waals surface area contributed by atoms with Crippen LogP contribution in [0.15, 0.2) is 5.38 Å². The molecule has 1 unspecified atom stereocenters. The first kappa shape index (κ1) is 11.9. The fourth-order valence-corrected chi connectivity index (χ4v) is 3.30. The van der Waals surface area contributed by atoms with Gasteiger partial charge in [-0.1, -0.05) is 6.92 Å². The Labute approximate surface area is 102 Å². The molecule has 1 atom stereocenters. The van der Waals surface area contributed by atoms with Crippen LogP contribution in [0, 0.1) is 0 Å². The predicted octanol–water partition coefficient (Wildman–Crippen LogP) is 2.28. The first-order chi connectivity index (χ1) is 7.85. The van der Waals surface area contributed by atoms with Gasteiger partial charge >= 0.3 is 0 Å². The second-order valence-corrected chi connectivity index (χ2v) is 5.21. The molecule has 4 heteroatoms. The quantitative estimate of drug-likeness (QED) is 0.874. The molecule has 16 heavy (non-hydrogen) atoms. The van der Waals surface area contributed by atoms with Crippen LogP contribution in [0.1, 0.15) is 31.9 Å². The fourth-order valence-electron chi connectivity index (χ4n) is 2.29. The molecule has 1 aromatic rings. The van der Waals surface area contributed by atoms with E-state index in [0.29, 0.717) is 6.04 Å². The number of rotatable bonds is 4. The zero-order valence-corrected chi connectivity index (χ0v) is 11.0. The third kappa shape index (κ3) is 2.55. The van der Waals surface area contributed by atoms with E-state index in [0.717, 1.165) is 13.0 Å². The summed E-state index contributed by atoms with van der Waals surface area (Å²) in [5.74, 6) is 0. The standard InChI is InChI=1S/C12H21N3S/c1-3-10-9-16-12(14-10)15-7-5-4-6-11(15)8-13-2/h9,11,13H,3-8H2,1-2H3. The number of thiazole rings is 1. The molecule has 2 rings (SSSR count). The number of hydrogen-bond donors (Lipinski definition) is 1. The minimum Gasteiger partial charge on any atom is -0.344 e. The molecule has 1 aliphatic rings. The van der Waals surface area contributed by atoms with Crippen molar-refractivity contribution in [2.75, 3.05) is 25.0 Å². The highest BCUT2D eigenvalue weighted by Gasteiger charge is 2.23. The Morgan fingerprint density at radius 3 is 3.12 bits per heavy atom. The van der Waals surface area contributed by atoms with Crippen molar-refractivity contribution in [3.8, 4) is 0 Å². The second kappa shape index (κ2) is 5.64. The van der Waals surface area contributed by atoms with E-state index in [1.165, 1.54) is 36.6 Å². The lowest BCUT2D eigenvalue weighted by molar-refractivity contribution is 0.446. The van der Waals surface area contributed by atoms with Crippen molar-refractivity contribution in [1.82, 2.24) is 10.3 Å². The number of piperidine rings is 1. The van der Waals surface area contributed by atoms with Crippen LogP contribution >= 0.6 is 11.3 Å². The molecular formula is C12H21N3S. The van der Waals surface area contributed by atoms with Crippen molar-refractivity contribution in [2.24, 2.45) is 0 Å². The van der Waals surface area contributed by atoms with E-state index in [9.17, 15) is 0 Å². The molecule has 2 heterocycles. The minimum absolute atomic E-state index is 0.634. The zero-order chi connectivity index (χ0) is 11.4. The Hall–Kier alpha value is -0.610. The maximum absolute atomic E-state index is 4.70. The molecule has 0 bridgehead atoms. The van der Waals surface area contributed by atoms with Crippen LogP contribution in [-0.4, -0.2) is 31.2 Å². The van der Waals surface area contributed by atoms with E-state index in [-0.39, 0.29) is 0 Å². The molecule has 0 aliphatic carbocycles. The Balaban J connectivity index is 2.09. The summed E-state index contributed by atoms with van der Waals surface area (Å²) in [7, 11) is 2.03. The molecule has 3 nitrogen and oxygen atoms in total. The fraction of sp³-hybridized carbons (Fsp3) is 0.750. The van der Waals surface area contributed by atoms with E-state index in [4.69, 9.17) is 4.98 Å². The summed E-state index contributed by atoms with van der Waals surface area (Å²) in [5.41, 5.74) is 1.23. The van der Waals surface area contributed by atoms with Crippen LogP contribution < -0.4 is 10.2 Å². The van der Waals surface area contributed by atoms with Gasteiger partial charge in [0.2, 0.25) is 0 Å². The van der Waals surface area contributed by atoms with Crippen molar-refractivity contribution in [3.63, 3.8) is 0 Å². The van der Waals surface area contributed by atoms with E-state index < -0.39 is 0 Å². The molecule has 1 fully saturated rings. The second-order valence-electron chi connectivity index (χ2n) is 4.38. The molecule has 0 radical (unpaired) electrons. The lowest BCUT2D eigenvalue weighted by Gasteiger charge is -2.35. The molecule has 1 N–H and O–H groups in total. The number of hydrogen-bond acceptors (Lipinski definition) is 4. The van der Waals surface area contributed by atoms with Gasteiger partial charge in [0.25, 0.3) is 0 Å². The molecule has 1 aliphatic heterocycles. The van der Waals surface area contributed by atoms with Crippen molar-refractivity contribution in [3.05, 3.63) is 11.1 Å². The van der Waals surface area contributed by atoms with Gasteiger partial charge in [-0.15, -0.1) is 11.3 Å². The molecule has 90 valence electrons. The Kier molecular flexibility index (Phi) is 4.18. The normalized spacial score (nSPS) is 21.4. The van der Waals surface area contributed by atoms with Crippen molar-refractivity contribution in [2.45, 2.75) is 38.6 Å². The van der Waals surface area contributed by atoms with Crippen LogP contribution in [0.25, 0.3) is 0 Å². The van der Waals surface area contributed by atoms with E-state index in [1.54, 1.807) is 11.3 Å². The molecule has 1 saturated heterocycles. The third-order valence-electron chi connectivity index (χ3n) is 3.21. The molecule has 1 aromatic heterocycles. The van der Waals surface area contributed by atoms with Gasteiger partial charge in [0.1, 0.15) is 0 Å². The molecule has 0 saturated carbocycles. The molecule has 0 amide bonds. The largest absolute Gasteiger partial charge is 0.344 e. The Morgan fingerprint density at radius 2 is 2.44 bits per heavy atom. The summed E-state index contributed by atoms with van der Waals surface area (Å²) >= 11 is 1.80. The first-order valence-corrected chi connectivity index (χ1v) is 7.08. The topological polar surface area (TPSA) is 28.2 Å². The van der Waals surface area contributed by atoms with Crippen LogP contribution in [0.2, 0.25) is 0 Å². The van der Waals surface area contributed by atoms with Gasteiger partial charge in [-0.2, -0.15) is 0 Å². The summed E-state index contributed by atoms with van der Waals surface area (Å²) in [6.07, 6.45) is 5.00. The number of nitrogens with one attached hydrogen (secondary N) is 1. The average Bonchev–Trinajstić information content (AvgIpc) is 2.79. The summed E-state index contributed by atoms with van der Waals surface area (Å²) in [6, 6.07) is 0.634. The van der Waals surface area contributed by atoms with Gasteiger partial charge in [-0.25, -0.2) is 4.98 Å². The smallest absolute Gasteiger partial charge is 0.185 e. The molecular weight excluding hydrogens is 218 g/mol.